The fourth-order valence-corrected chi connectivity index (χ4v) is 2.75. The number of aryl methyl sites for hydroxylation is 1. The minimum atomic E-state index is -0.450. The van der Waals surface area contributed by atoms with Crippen molar-refractivity contribution in [3.8, 4) is 5.69 Å². The summed E-state index contributed by atoms with van der Waals surface area (Å²) in [4.78, 5) is 17.5. The molecule has 0 amide bonds. The van der Waals surface area contributed by atoms with Gasteiger partial charge in [0.25, 0.3) is 0 Å². The van der Waals surface area contributed by atoms with E-state index < -0.39 is 5.63 Å². The van der Waals surface area contributed by atoms with Crippen molar-refractivity contribution < 1.29 is 9.25 Å². The standard InChI is InChI=1S/C21H18N4O3/c1-14-7-9-18(10-8-14)25-12-17(22-24-25)13-27-23-15(2)19-11-16-5-3-4-6-20(16)28-21(19)26/h3-12H,13H2,1-2H3. The molecule has 0 atom stereocenters. The topological polar surface area (TPSA) is 82.5 Å². The van der Waals surface area contributed by atoms with Gasteiger partial charge in [-0.1, -0.05) is 46.3 Å². The lowest BCUT2D eigenvalue weighted by atomic mass is 10.1. The van der Waals surface area contributed by atoms with Crippen LogP contribution < -0.4 is 5.63 Å². The number of hydrogen-bond acceptors (Lipinski definition) is 6. The van der Waals surface area contributed by atoms with E-state index in [-0.39, 0.29) is 6.61 Å². The van der Waals surface area contributed by atoms with Gasteiger partial charge in [0, 0.05) is 5.39 Å². The van der Waals surface area contributed by atoms with E-state index in [1.165, 1.54) is 5.56 Å². The van der Waals surface area contributed by atoms with Crippen LogP contribution in [0.5, 0.6) is 0 Å². The summed E-state index contributed by atoms with van der Waals surface area (Å²) < 4.78 is 6.99. The van der Waals surface area contributed by atoms with Gasteiger partial charge in [-0.2, -0.15) is 0 Å². The number of aromatic nitrogens is 3. The van der Waals surface area contributed by atoms with E-state index in [1.54, 1.807) is 29.9 Å². The van der Waals surface area contributed by atoms with Crippen LogP contribution in [-0.2, 0) is 11.4 Å². The van der Waals surface area contributed by atoms with Crippen LogP contribution in [0.15, 0.2) is 75.2 Å². The molecule has 28 heavy (non-hydrogen) atoms. The predicted molar refractivity (Wildman–Crippen MR) is 106 cm³/mol. The molecule has 4 aromatic rings. The lowest BCUT2D eigenvalue weighted by Gasteiger charge is -2.02. The van der Waals surface area contributed by atoms with Gasteiger partial charge in [-0.25, -0.2) is 9.48 Å². The zero-order valence-corrected chi connectivity index (χ0v) is 15.5. The molecular formula is C21H18N4O3. The maximum atomic E-state index is 12.2. The van der Waals surface area contributed by atoms with Crippen LogP contribution in [0.3, 0.4) is 0 Å². The van der Waals surface area contributed by atoms with E-state index in [0.29, 0.717) is 22.6 Å². The molecule has 7 heteroatoms. The lowest BCUT2D eigenvalue weighted by Crippen LogP contribution is -2.12. The van der Waals surface area contributed by atoms with Gasteiger partial charge >= 0.3 is 5.63 Å². The normalized spacial score (nSPS) is 11.7. The molecule has 0 aliphatic carbocycles. The fraction of sp³-hybridized carbons (Fsp3) is 0.143. The number of oxime groups is 1. The third kappa shape index (κ3) is 3.68. The number of nitrogens with zero attached hydrogens (tertiary/aromatic N) is 4. The van der Waals surface area contributed by atoms with E-state index in [0.717, 1.165) is 11.1 Å². The zero-order valence-electron chi connectivity index (χ0n) is 15.5. The first-order chi connectivity index (χ1) is 13.6. The first-order valence-electron chi connectivity index (χ1n) is 8.78. The van der Waals surface area contributed by atoms with Crippen molar-refractivity contribution in [2.45, 2.75) is 20.5 Å². The van der Waals surface area contributed by atoms with Crippen molar-refractivity contribution in [1.29, 1.82) is 0 Å². The Labute approximate surface area is 160 Å². The van der Waals surface area contributed by atoms with Gasteiger partial charge in [-0.05, 0) is 38.1 Å². The van der Waals surface area contributed by atoms with Crippen molar-refractivity contribution >= 4 is 16.7 Å². The summed E-state index contributed by atoms with van der Waals surface area (Å²) >= 11 is 0. The average molecular weight is 374 g/mol. The number of hydrogen-bond donors (Lipinski definition) is 0. The quantitative estimate of drug-likeness (QED) is 0.303. The first-order valence-corrected chi connectivity index (χ1v) is 8.78. The Kier molecular flexibility index (Phi) is 4.72. The molecule has 0 aliphatic rings. The summed E-state index contributed by atoms with van der Waals surface area (Å²) in [5.41, 5.74) is 3.61. The van der Waals surface area contributed by atoms with Crippen molar-refractivity contribution in [3.05, 3.63) is 88.0 Å². The largest absolute Gasteiger partial charge is 0.422 e. The van der Waals surface area contributed by atoms with Crippen LogP contribution in [0.25, 0.3) is 16.7 Å². The molecule has 0 fully saturated rings. The van der Waals surface area contributed by atoms with Crippen molar-refractivity contribution in [3.63, 3.8) is 0 Å². The molecule has 0 saturated heterocycles. The monoisotopic (exact) mass is 374 g/mol. The van der Waals surface area contributed by atoms with E-state index in [9.17, 15) is 4.79 Å². The summed E-state index contributed by atoms with van der Waals surface area (Å²) in [5, 5.41) is 13.0. The molecule has 2 aromatic carbocycles. The highest BCUT2D eigenvalue weighted by molar-refractivity contribution is 6.00. The maximum absolute atomic E-state index is 12.2. The predicted octanol–water partition coefficient (Wildman–Crippen LogP) is 3.62. The van der Waals surface area contributed by atoms with E-state index in [4.69, 9.17) is 9.25 Å². The van der Waals surface area contributed by atoms with E-state index in [1.807, 2.05) is 49.4 Å². The van der Waals surface area contributed by atoms with Gasteiger partial charge in [0.2, 0.25) is 0 Å². The highest BCUT2D eigenvalue weighted by Gasteiger charge is 2.09. The number of fused-ring (bicyclic) bond motifs is 1. The van der Waals surface area contributed by atoms with Gasteiger partial charge in [0.15, 0.2) is 6.61 Å². The summed E-state index contributed by atoms with van der Waals surface area (Å²) in [6.45, 7) is 3.87. The molecule has 2 heterocycles. The Morgan fingerprint density at radius 2 is 1.96 bits per heavy atom. The minimum absolute atomic E-state index is 0.141. The Balaban J connectivity index is 1.47. The molecule has 0 aliphatic heterocycles. The SMILES string of the molecule is CC(=NOCc1cn(-c2ccc(C)cc2)nn1)c1cc2ccccc2oc1=O. The van der Waals surface area contributed by atoms with Crippen LogP contribution in [0.2, 0.25) is 0 Å². The molecule has 0 radical (unpaired) electrons. The highest BCUT2D eigenvalue weighted by Crippen LogP contribution is 2.13. The van der Waals surface area contributed by atoms with Crippen LogP contribution in [0, 0.1) is 6.92 Å². The molecule has 7 nitrogen and oxygen atoms in total. The molecule has 140 valence electrons. The van der Waals surface area contributed by atoms with E-state index >= 15 is 0 Å². The summed E-state index contributed by atoms with van der Waals surface area (Å²) in [5.74, 6) is 0. The molecule has 0 unspecified atom stereocenters. The Morgan fingerprint density at radius 3 is 2.79 bits per heavy atom. The fourth-order valence-electron chi connectivity index (χ4n) is 2.75. The first kappa shape index (κ1) is 17.7. The third-order valence-electron chi connectivity index (χ3n) is 4.28. The number of benzene rings is 2. The van der Waals surface area contributed by atoms with Crippen molar-refractivity contribution in [2.75, 3.05) is 0 Å². The van der Waals surface area contributed by atoms with Gasteiger partial charge in [-0.15, -0.1) is 5.10 Å². The second-order valence-electron chi connectivity index (χ2n) is 6.43. The smallest absolute Gasteiger partial charge is 0.345 e. The second kappa shape index (κ2) is 7.48. The summed E-state index contributed by atoms with van der Waals surface area (Å²) in [6.07, 6.45) is 1.78. The Hall–Kier alpha value is -3.74. The van der Waals surface area contributed by atoms with Gasteiger partial charge in [0.05, 0.1) is 23.2 Å². The summed E-state index contributed by atoms with van der Waals surface area (Å²) in [7, 11) is 0. The van der Waals surface area contributed by atoms with Crippen molar-refractivity contribution in [1.82, 2.24) is 15.0 Å². The lowest BCUT2D eigenvalue weighted by molar-refractivity contribution is 0.127. The molecular weight excluding hydrogens is 356 g/mol. The van der Waals surface area contributed by atoms with Crippen LogP contribution >= 0.6 is 0 Å². The maximum Gasteiger partial charge on any atom is 0.345 e. The minimum Gasteiger partial charge on any atom is -0.422 e. The van der Waals surface area contributed by atoms with E-state index in [2.05, 4.69) is 15.5 Å². The van der Waals surface area contributed by atoms with Gasteiger partial charge in [0.1, 0.15) is 11.3 Å². The Morgan fingerprint density at radius 1 is 1.18 bits per heavy atom. The van der Waals surface area contributed by atoms with Crippen LogP contribution in [-0.4, -0.2) is 20.7 Å². The van der Waals surface area contributed by atoms with Crippen LogP contribution in [0.4, 0.5) is 0 Å². The van der Waals surface area contributed by atoms with Gasteiger partial charge < -0.3 is 9.25 Å². The second-order valence-corrected chi connectivity index (χ2v) is 6.43. The zero-order chi connectivity index (χ0) is 19.5. The molecule has 0 bridgehead atoms. The average Bonchev–Trinajstić information content (AvgIpc) is 3.17. The molecule has 0 saturated carbocycles. The third-order valence-corrected chi connectivity index (χ3v) is 4.28. The molecule has 4 rings (SSSR count). The molecule has 0 spiro atoms. The number of para-hydroxylation sites is 1. The number of rotatable bonds is 5. The molecule has 2 aromatic heterocycles. The summed E-state index contributed by atoms with van der Waals surface area (Å²) in [6, 6.07) is 17.0. The van der Waals surface area contributed by atoms with Crippen LogP contribution in [0.1, 0.15) is 23.7 Å². The van der Waals surface area contributed by atoms with Gasteiger partial charge in [-0.3, -0.25) is 0 Å². The highest BCUT2D eigenvalue weighted by atomic mass is 16.6. The van der Waals surface area contributed by atoms with Crippen molar-refractivity contribution in [2.24, 2.45) is 5.16 Å². The molecule has 0 N–H and O–H groups in total. The Bertz CT molecular complexity index is 1210.